The van der Waals surface area contributed by atoms with E-state index < -0.39 is 11.9 Å². The third kappa shape index (κ3) is 3.55. The molecule has 2 aromatic rings. The minimum Gasteiger partial charge on any atom is -0.481 e. The third-order valence-corrected chi connectivity index (χ3v) is 4.98. The molecule has 2 rings (SSSR count). The third-order valence-electron chi connectivity index (χ3n) is 3.42. The highest BCUT2D eigenvalue weighted by molar-refractivity contribution is 9.10. The summed E-state index contributed by atoms with van der Waals surface area (Å²) in [6.45, 7) is 4.63. The van der Waals surface area contributed by atoms with Crippen molar-refractivity contribution < 1.29 is 9.90 Å². The molecule has 0 aliphatic carbocycles. The molecule has 0 fully saturated rings. The Bertz CT molecular complexity index is 650. The molecule has 1 heterocycles. The number of aromatic nitrogens is 2. The van der Waals surface area contributed by atoms with E-state index in [0.717, 1.165) is 25.9 Å². The molecular weight excluding hydrogens is 400 g/mol. The number of nitrogens with zero attached hydrogens (tertiary/aromatic N) is 2. The van der Waals surface area contributed by atoms with Crippen LogP contribution in [0.2, 0.25) is 0 Å². The summed E-state index contributed by atoms with van der Waals surface area (Å²) in [5, 5.41) is 14.0. The number of aryl methyl sites for hydroxylation is 2. The summed E-state index contributed by atoms with van der Waals surface area (Å²) in [4.78, 5) is 11.7. The molecule has 0 aliphatic rings. The van der Waals surface area contributed by atoms with Crippen molar-refractivity contribution in [2.24, 2.45) is 0 Å². The second-order valence-electron chi connectivity index (χ2n) is 4.81. The summed E-state index contributed by atoms with van der Waals surface area (Å²) in [6, 6.07) is 7.41. The number of benzene rings is 1. The van der Waals surface area contributed by atoms with Gasteiger partial charge in [0, 0.05) is 17.4 Å². The second-order valence-corrected chi connectivity index (χ2v) is 6.52. The number of carboxylic acid groups (broad SMARTS) is 1. The lowest BCUT2D eigenvalue weighted by Crippen LogP contribution is -2.17. The maximum absolute atomic E-state index is 11.7. The van der Waals surface area contributed by atoms with E-state index in [2.05, 4.69) is 37.0 Å². The lowest BCUT2D eigenvalue weighted by atomic mass is 9.94. The first-order valence-corrected chi connectivity index (χ1v) is 8.22. The van der Waals surface area contributed by atoms with Gasteiger partial charge >= 0.3 is 5.97 Å². The lowest BCUT2D eigenvalue weighted by molar-refractivity contribution is -0.138. The molecule has 1 aromatic carbocycles. The van der Waals surface area contributed by atoms with Crippen LogP contribution in [0, 0.1) is 6.92 Å². The number of rotatable bonds is 5. The Morgan fingerprint density at radius 3 is 2.48 bits per heavy atom. The number of hydrogen-bond donors (Lipinski definition) is 1. The van der Waals surface area contributed by atoms with E-state index in [0.29, 0.717) is 13.0 Å². The Hall–Kier alpha value is -1.14. The Balaban J connectivity index is 2.37. The van der Waals surface area contributed by atoms with Crippen LogP contribution in [0.3, 0.4) is 0 Å². The van der Waals surface area contributed by atoms with E-state index in [1.54, 1.807) is 0 Å². The Labute approximate surface area is 140 Å². The van der Waals surface area contributed by atoms with Gasteiger partial charge in [-0.25, -0.2) is 0 Å². The molecule has 1 aromatic heterocycles. The molecule has 6 heteroatoms. The Kier molecular flexibility index (Phi) is 5.22. The van der Waals surface area contributed by atoms with Crippen LogP contribution < -0.4 is 0 Å². The number of carbonyl (C=O) groups is 1. The van der Waals surface area contributed by atoms with Crippen molar-refractivity contribution in [1.29, 1.82) is 0 Å². The summed E-state index contributed by atoms with van der Waals surface area (Å²) >= 11 is 6.89. The minimum absolute atomic E-state index is 0.409. The number of hydrogen-bond acceptors (Lipinski definition) is 2. The highest BCUT2D eigenvalue weighted by Gasteiger charge is 2.24. The normalized spacial score (nSPS) is 12.4. The van der Waals surface area contributed by atoms with Gasteiger partial charge in [0.05, 0.1) is 21.8 Å². The smallest absolute Gasteiger partial charge is 0.311 e. The molecule has 1 unspecified atom stereocenters. The zero-order valence-electron chi connectivity index (χ0n) is 11.8. The average molecular weight is 416 g/mol. The van der Waals surface area contributed by atoms with Crippen LogP contribution in [0.25, 0.3) is 0 Å². The number of carboxylic acids is 1. The van der Waals surface area contributed by atoms with E-state index in [1.807, 2.05) is 42.8 Å². The van der Waals surface area contributed by atoms with Gasteiger partial charge in [-0.3, -0.25) is 9.48 Å². The number of aliphatic carboxylic acids is 1. The van der Waals surface area contributed by atoms with E-state index in [9.17, 15) is 9.90 Å². The standard InChI is InChI=1S/C15H16Br2N2O2/c1-3-19-13(14(17)9(2)18-19)8-12(15(20)21)10-4-6-11(16)7-5-10/h4-7,12H,3,8H2,1-2H3,(H,20,21). The molecule has 0 aliphatic heterocycles. The highest BCUT2D eigenvalue weighted by atomic mass is 79.9. The quantitative estimate of drug-likeness (QED) is 0.797. The first-order valence-electron chi connectivity index (χ1n) is 6.64. The predicted molar refractivity (Wildman–Crippen MR) is 88.6 cm³/mol. The minimum atomic E-state index is -0.828. The van der Waals surface area contributed by atoms with Crippen LogP contribution in [-0.2, 0) is 17.8 Å². The molecule has 21 heavy (non-hydrogen) atoms. The fourth-order valence-electron chi connectivity index (χ4n) is 2.30. The molecule has 0 saturated carbocycles. The van der Waals surface area contributed by atoms with E-state index in [-0.39, 0.29) is 0 Å². The van der Waals surface area contributed by atoms with Crippen LogP contribution in [-0.4, -0.2) is 20.9 Å². The van der Waals surface area contributed by atoms with Gasteiger partial charge < -0.3 is 5.11 Å². The largest absolute Gasteiger partial charge is 0.481 e. The average Bonchev–Trinajstić information content (AvgIpc) is 2.72. The fraction of sp³-hybridized carbons (Fsp3) is 0.333. The molecule has 0 radical (unpaired) electrons. The van der Waals surface area contributed by atoms with Crippen LogP contribution >= 0.6 is 31.9 Å². The van der Waals surface area contributed by atoms with Gasteiger partial charge in [0.25, 0.3) is 0 Å². The van der Waals surface area contributed by atoms with Gasteiger partial charge in [-0.1, -0.05) is 28.1 Å². The first kappa shape index (κ1) is 16.2. The molecule has 1 N–H and O–H groups in total. The second kappa shape index (κ2) is 6.75. The van der Waals surface area contributed by atoms with Crippen LogP contribution in [0.1, 0.15) is 29.8 Å². The zero-order chi connectivity index (χ0) is 15.6. The van der Waals surface area contributed by atoms with Gasteiger partial charge in [-0.05, 0) is 47.5 Å². The van der Waals surface area contributed by atoms with Gasteiger partial charge in [0.2, 0.25) is 0 Å². The summed E-state index contributed by atoms with van der Waals surface area (Å²) in [5.74, 6) is -1.42. The highest BCUT2D eigenvalue weighted by Crippen LogP contribution is 2.28. The van der Waals surface area contributed by atoms with Crippen molar-refractivity contribution in [3.05, 3.63) is 50.2 Å². The van der Waals surface area contributed by atoms with Crippen LogP contribution in [0.5, 0.6) is 0 Å². The van der Waals surface area contributed by atoms with Crippen molar-refractivity contribution in [2.75, 3.05) is 0 Å². The van der Waals surface area contributed by atoms with E-state index in [1.165, 1.54) is 0 Å². The predicted octanol–water partition coefficient (Wildman–Crippen LogP) is 4.15. The first-order chi connectivity index (χ1) is 9.93. The van der Waals surface area contributed by atoms with Crippen LogP contribution in [0.15, 0.2) is 33.2 Å². The number of halogens is 2. The van der Waals surface area contributed by atoms with Gasteiger partial charge in [-0.2, -0.15) is 5.10 Å². The Morgan fingerprint density at radius 2 is 1.95 bits per heavy atom. The molecule has 0 amide bonds. The topological polar surface area (TPSA) is 55.1 Å². The molecule has 4 nitrogen and oxygen atoms in total. The Morgan fingerprint density at radius 1 is 1.33 bits per heavy atom. The summed E-state index contributed by atoms with van der Waals surface area (Å²) in [5.41, 5.74) is 2.59. The summed E-state index contributed by atoms with van der Waals surface area (Å²) in [7, 11) is 0. The maximum Gasteiger partial charge on any atom is 0.311 e. The monoisotopic (exact) mass is 414 g/mol. The van der Waals surface area contributed by atoms with E-state index in [4.69, 9.17) is 0 Å². The van der Waals surface area contributed by atoms with E-state index >= 15 is 0 Å². The van der Waals surface area contributed by atoms with Gasteiger partial charge in [-0.15, -0.1) is 0 Å². The zero-order valence-corrected chi connectivity index (χ0v) is 15.0. The van der Waals surface area contributed by atoms with Crippen molar-refractivity contribution in [3.63, 3.8) is 0 Å². The molecule has 0 saturated heterocycles. The van der Waals surface area contributed by atoms with Gasteiger partial charge in [0.1, 0.15) is 0 Å². The summed E-state index contributed by atoms with van der Waals surface area (Å²) < 4.78 is 3.69. The maximum atomic E-state index is 11.7. The molecule has 112 valence electrons. The van der Waals surface area contributed by atoms with Crippen molar-refractivity contribution >= 4 is 37.8 Å². The molecule has 0 bridgehead atoms. The SMILES string of the molecule is CCn1nc(C)c(Br)c1CC(C(=O)O)c1ccc(Br)cc1. The lowest BCUT2D eigenvalue weighted by Gasteiger charge is -2.14. The molecule has 1 atom stereocenters. The molecular formula is C15H16Br2N2O2. The van der Waals surface area contributed by atoms with Crippen molar-refractivity contribution in [1.82, 2.24) is 9.78 Å². The fourth-order valence-corrected chi connectivity index (χ4v) is 3.01. The van der Waals surface area contributed by atoms with Gasteiger partial charge in [0.15, 0.2) is 0 Å². The van der Waals surface area contributed by atoms with Crippen molar-refractivity contribution in [3.8, 4) is 0 Å². The molecule has 0 spiro atoms. The van der Waals surface area contributed by atoms with Crippen LogP contribution in [0.4, 0.5) is 0 Å². The van der Waals surface area contributed by atoms with Crippen molar-refractivity contribution in [2.45, 2.75) is 32.7 Å². The summed E-state index contributed by atoms with van der Waals surface area (Å²) in [6.07, 6.45) is 0.409.